The van der Waals surface area contributed by atoms with Crippen LogP contribution in [0.5, 0.6) is 11.5 Å². The summed E-state index contributed by atoms with van der Waals surface area (Å²) in [7, 11) is 0. The molecule has 1 unspecified atom stereocenters. The summed E-state index contributed by atoms with van der Waals surface area (Å²) in [5.41, 5.74) is 5.05. The fourth-order valence-corrected chi connectivity index (χ4v) is 7.92. The first-order chi connectivity index (χ1) is 33.4. The van der Waals surface area contributed by atoms with Crippen LogP contribution >= 0.6 is 0 Å². The van der Waals surface area contributed by atoms with E-state index in [2.05, 4.69) is 30.5 Å². The van der Waals surface area contributed by atoms with Crippen LogP contribution in [0, 0.1) is 18.4 Å². The highest BCUT2D eigenvalue weighted by Gasteiger charge is 2.13. The molecule has 4 aromatic carbocycles. The molecule has 0 bridgehead atoms. The highest BCUT2D eigenvalue weighted by atomic mass is 16.5. The molecule has 7 nitrogen and oxygen atoms in total. The number of hydrogen-bond acceptors (Lipinski definition) is 6. The van der Waals surface area contributed by atoms with E-state index in [1.165, 1.54) is 103 Å². The molecular weight excluding hydrogens is 843 g/mol. The number of benzene rings is 4. The summed E-state index contributed by atoms with van der Waals surface area (Å²) in [6.45, 7) is 15.6. The van der Waals surface area contributed by atoms with Crippen molar-refractivity contribution in [2.75, 3.05) is 19.8 Å². The maximum absolute atomic E-state index is 12.7. The zero-order valence-corrected chi connectivity index (χ0v) is 41.7. The second kappa shape index (κ2) is 34.5. The van der Waals surface area contributed by atoms with E-state index in [4.69, 9.17) is 25.5 Å². The van der Waals surface area contributed by atoms with E-state index in [0.29, 0.717) is 18.6 Å². The zero-order chi connectivity index (χ0) is 48.3. The summed E-state index contributed by atoms with van der Waals surface area (Å²) in [5, 5.41) is 0. The molecule has 0 amide bonds. The van der Waals surface area contributed by atoms with Crippen molar-refractivity contribution >= 4 is 18.0 Å². The molecule has 0 fully saturated rings. The molecule has 4 aromatic rings. The fourth-order valence-electron chi connectivity index (χ4n) is 7.92. The Bertz CT molecular complexity index is 2120. The lowest BCUT2D eigenvalue weighted by Gasteiger charge is -2.13. The molecule has 0 N–H and O–H groups in total. The molecule has 0 aliphatic heterocycles. The van der Waals surface area contributed by atoms with Gasteiger partial charge in [-0.1, -0.05) is 165 Å². The molecule has 0 aromatic heterocycles. The highest BCUT2D eigenvalue weighted by Crippen LogP contribution is 2.24. The first kappa shape index (κ1) is 54.8. The minimum Gasteiger partial charge on any atom is -0.494 e. The average Bonchev–Trinajstić information content (AvgIpc) is 3.36. The molecule has 364 valence electrons. The Labute approximate surface area is 410 Å². The van der Waals surface area contributed by atoms with Crippen LogP contribution in [0.25, 0.3) is 22.0 Å². The van der Waals surface area contributed by atoms with E-state index in [0.717, 1.165) is 84.4 Å². The standard InChI is InChI=1S/C61H79NO6/c1-5-7-9-11-12-13-14-15-16-17-18-19-20-24-46-65-57-42-34-52(35-43-57)29-28-51-30-32-53(33-31-51)49-59(62-4)61(64)67-48-26-22-21-25-47-66-58-44-40-55(41-45-58)54-36-38-56(39-37-54)60(63)68-50(3)27-23-10-8-6-2/h30-45,49-50H,5-27,46-48H2,1-3H3/b59-49-. The quantitative estimate of drug-likeness (QED) is 0.0153. The van der Waals surface area contributed by atoms with E-state index in [1.54, 1.807) is 6.08 Å². The van der Waals surface area contributed by atoms with Gasteiger partial charge in [0.2, 0.25) is 0 Å². The molecule has 0 aliphatic rings. The molecule has 0 spiro atoms. The summed E-state index contributed by atoms with van der Waals surface area (Å²) in [6, 6.07) is 30.9. The fraction of sp³-hybridized carbons (Fsp3) is 0.492. The molecule has 0 saturated carbocycles. The van der Waals surface area contributed by atoms with Crippen LogP contribution in [0.3, 0.4) is 0 Å². The summed E-state index contributed by atoms with van der Waals surface area (Å²) in [4.78, 5) is 28.7. The Morgan fingerprint density at radius 1 is 0.529 bits per heavy atom. The van der Waals surface area contributed by atoms with Crippen molar-refractivity contribution in [2.24, 2.45) is 0 Å². The molecule has 7 heteroatoms. The van der Waals surface area contributed by atoms with E-state index >= 15 is 0 Å². The number of carbonyl (C=O) groups is 2. The van der Waals surface area contributed by atoms with Gasteiger partial charge in [-0.15, -0.1) is 0 Å². The molecule has 68 heavy (non-hydrogen) atoms. The molecule has 1 atom stereocenters. The van der Waals surface area contributed by atoms with Gasteiger partial charge in [-0.25, -0.2) is 9.64 Å². The minimum absolute atomic E-state index is 0.0508. The van der Waals surface area contributed by atoms with Gasteiger partial charge in [0.25, 0.3) is 5.70 Å². The predicted octanol–water partition coefficient (Wildman–Crippen LogP) is 16.6. The number of rotatable bonds is 34. The second-order valence-electron chi connectivity index (χ2n) is 18.0. The first-order valence-corrected chi connectivity index (χ1v) is 26.0. The Morgan fingerprint density at radius 2 is 0.941 bits per heavy atom. The number of unbranched alkanes of at least 4 members (excludes halogenated alkanes) is 19. The van der Waals surface area contributed by atoms with Gasteiger partial charge in [0.1, 0.15) is 11.5 Å². The third-order valence-electron chi connectivity index (χ3n) is 12.1. The Morgan fingerprint density at radius 3 is 1.43 bits per heavy atom. The van der Waals surface area contributed by atoms with Crippen molar-refractivity contribution in [1.82, 2.24) is 0 Å². The molecule has 0 saturated heterocycles. The Balaban J connectivity index is 1.03. The average molecular weight is 922 g/mol. The van der Waals surface area contributed by atoms with Gasteiger partial charge in [-0.3, -0.25) is 4.79 Å². The van der Waals surface area contributed by atoms with E-state index < -0.39 is 5.97 Å². The molecular formula is C61H79NO6. The summed E-state index contributed by atoms with van der Waals surface area (Å²) >= 11 is 0. The Hall–Kier alpha value is -5.79. The van der Waals surface area contributed by atoms with Crippen molar-refractivity contribution in [3.63, 3.8) is 0 Å². The number of carbonyl (C=O) groups excluding carboxylic acids is 2. The van der Waals surface area contributed by atoms with Crippen LogP contribution in [0.4, 0.5) is 0 Å². The van der Waals surface area contributed by atoms with Crippen LogP contribution in [-0.4, -0.2) is 37.9 Å². The van der Waals surface area contributed by atoms with Crippen molar-refractivity contribution in [1.29, 1.82) is 0 Å². The minimum atomic E-state index is -0.612. The normalized spacial score (nSPS) is 11.5. The highest BCUT2D eigenvalue weighted by molar-refractivity contribution is 5.95. The summed E-state index contributed by atoms with van der Waals surface area (Å²) in [5.74, 6) is 7.19. The number of nitrogens with zero attached hydrogens (tertiary/aromatic N) is 1. The van der Waals surface area contributed by atoms with Gasteiger partial charge < -0.3 is 18.9 Å². The topological polar surface area (TPSA) is 75.4 Å². The lowest BCUT2D eigenvalue weighted by molar-refractivity contribution is -0.138. The van der Waals surface area contributed by atoms with E-state index in [1.807, 2.05) is 104 Å². The largest absolute Gasteiger partial charge is 0.494 e. The van der Waals surface area contributed by atoms with Gasteiger partial charge in [0.15, 0.2) is 0 Å². The second-order valence-corrected chi connectivity index (χ2v) is 18.0. The van der Waals surface area contributed by atoms with E-state index in [9.17, 15) is 9.59 Å². The van der Waals surface area contributed by atoms with Gasteiger partial charge in [0, 0.05) is 11.1 Å². The molecule has 0 heterocycles. The SMILES string of the molecule is [C-]#[N+]/C(=C\c1ccc(C#Cc2ccc(OCCCCCCCCCCCCCCCC)cc2)cc1)C(=O)OCCCCCCOc1ccc(-c2ccc(C(=O)OC(C)CCCCCC)cc2)cc1. The smallest absolute Gasteiger partial charge is 0.338 e. The van der Waals surface area contributed by atoms with E-state index in [-0.39, 0.29) is 24.4 Å². The predicted molar refractivity (Wildman–Crippen MR) is 280 cm³/mol. The zero-order valence-electron chi connectivity index (χ0n) is 41.7. The summed E-state index contributed by atoms with van der Waals surface area (Å²) in [6.07, 6.45) is 29.3. The molecule has 4 rings (SSSR count). The van der Waals surface area contributed by atoms with Crippen LogP contribution in [0.2, 0.25) is 0 Å². The van der Waals surface area contributed by atoms with Gasteiger partial charge >= 0.3 is 11.9 Å². The van der Waals surface area contributed by atoms with Crippen molar-refractivity contribution in [3.8, 4) is 34.5 Å². The maximum Gasteiger partial charge on any atom is 0.338 e. The maximum atomic E-state index is 12.7. The monoisotopic (exact) mass is 922 g/mol. The van der Waals surface area contributed by atoms with Crippen molar-refractivity contribution in [2.45, 2.75) is 175 Å². The first-order valence-electron chi connectivity index (χ1n) is 26.0. The van der Waals surface area contributed by atoms with Crippen LogP contribution in [0.15, 0.2) is 103 Å². The van der Waals surface area contributed by atoms with Gasteiger partial charge in [-0.2, -0.15) is 0 Å². The molecule has 0 radical (unpaired) electrons. The number of hydrogen-bond donors (Lipinski definition) is 0. The van der Waals surface area contributed by atoms with Crippen molar-refractivity contribution < 1.29 is 28.5 Å². The lowest BCUT2D eigenvalue weighted by atomic mass is 10.0. The van der Waals surface area contributed by atoms with Crippen LogP contribution in [-0.2, 0) is 14.3 Å². The van der Waals surface area contributed by atoms with Gasteiger partial charge in [0.05, 0.1) is 38.1 Å². The third kappa shape index (κ3) is 23.3. The van der Waals surface area contributed by atoms with Crippen LogP contribution < -0.4 is 9.47 Å². The number of esters is 2. The summed E-state index contributed by atoms with van der Waals surface area (Å²) < 4.78 is 23.0. The molecule has 0 aliphatic carbocycles. The number of ether oxygens (including phenoxy) is 4. The van der Waals surface area contributed by atoms with Crippen LogP contribution in [0.1, 0.15) is 195 Å². The Kier molecular flexibility index (Phi) is 27.8. The lowest BCUT2D eigenvalue weighted by Crippen LogP contribution is -2.15. The van der Waals surface area contributed by atoms with Crippen molar-refractivity contribution in [3.05, 3.63) is 136 Å². The third-order valence-corrected chi connectivity index (χ3v) is 12.1. The van der Waals surface area contributed by atoms with Gasteiger partial charge in [-0.05, 0) is 135 Å².